The van der Waals surface area contributed by atoms with Crippen LogP contribution in [0.1, 0.15) is 105 Å². The van der Waals surface area contributed by atoms with E-state index >= 15 is 0 Å². The summed E-state index contributed by atoms with van der Waals surface area (Å²) < 4.78 is 0. The monoisotopic (exact) mass is 416 g/mol. The van der Waals surface area contributed by atoms with E-state index in [0.29, 0.717) is 23.2 Å². The number of carboxylic acids is 1. The van der Waals surface area contributed by atoms with Gasteiger partial charge in [0.05, 0.1) is 0 Å². The first-order valence-corrected chi connectivity index (χ1v) is 12.7. The number of hydrogen-bond donors (Lipinski definition) is 2. The second-order valence-electron chi connectivity index (χ2n) is 12.1. The van der Waals surface area contributed by atoms with Crippen molar-refractivity contribution in [3.05, 3.63) is 11.6 Å². The third-order valence-corrected chi connectivity index (χ3v) is 10.6. The topological polar surface area (TPSA) is 57.5 Å². The Bertz CT molecular complexity index is 694. The van der Waals surface area contributed by atoms with Crippen LogP contribution in [0.2, 0.25) is 0 Å². The first kappa shape index (κ1) is 22.4. The highest BCUT2D eigenvalue weighted by molar-refractivity contribution is 5.76. The van der Waals surface area contributed by atoms with Crippen molar-refractivity contribution in [3.63, 3.8) is 0 Å². The number of rotatable bonds is 6. The Labute approximate surface area is 183 Å². The van der Waals surface area contributed by atoms with Crippen LogP contribution in [0.4, 0.5) is 0 Å². The maximum absolute atomic E-state index is 11.2. The Kier molecular flexibility index (Phi) is 5.92. The van der Waals surface area contributed by atoms with Gasteiger partial charge in [0, 0.05) is 0 Å². The fourth-order valence-corrected chi connectivity index (χ4v) is 8.75. The summed E-state index contributed by atoms with van der Waals surface area (Å²) in [5.41, 5.74) is 1.15. The molecule has 0 spiro atoms. The maximum atomic E-state index is 11.2. The van der Waals surface area contributed by atoms with Gasteiger partial charge in [-0.25, -0.2) is 4.79 Å². The van der Waals surface area contributed by atoms with Gasteiger partial charge in [-0.1, -0.05) is 45.3 Å². The van der Waals surface area contributed by atoms with E-state index in [9.17, 15) is 15.0 Å². The largest absolute Gasteiger partial charge is 0.479 e. The number of allylic oxidation sites excluding steroid dienone is 2. The second-order valence-corrected chi connectivity index (χ2v) is 12.1. The van der Waals surface area contributed by atoms with E-state index in [4.69, 9.17) is 0 Å². The van der Waals surface area contributed by atoms with Crippen molar-refractivity contribution in [3.8, 4) is 0 Å². The van der Waals surface area contributed by atoms with Crippen molar-refractivity contribution in [2.24, 2.45) is 40.4 Å². The summed E-state index contributed by atoms with van der Waals surface area (Å²) in [7, 11) is 0. The smallest absolute Gasteiger partial charge is 0.335 e. The van der Waals surface area contributed by atoms with Gasteiger partial charge in [0.15, 0.2) is 5.60 Å². The van der Waals surface area contributed by atoms with Gasteiger partial charge in [0.2, 0.25) is 0 Å². The standard InChI is InChI=1S/C27H44O3/c1-18(8-7-16-27(4,30)24(28)29)21-12-13-22-20-11-10-19-9-5-6-15-25(19,2)23(20)14-17-26(21,22)3/h10,18,20-23,30H,5-9,11-17H2,1-4H3,(H,28,29)/t18-,20+,21-,22+,23+,25+,26-,27?/m1/s1. The van der Waals surface area contributed by atoms with Gasteiger partial charge in [-0.15, -0.1) is 0 Å². The number of aliphatic carboxylic acids is 1. The molecule has 30 heavy (non-hydrogen) atoms. The van der Waals surface area contributed by atoms with Crippen molar-refractivity contribution in [2.75, 3.05) is 0 Å². The van der Waals surface area contributed by atoms with E-state index in [-0.39, 0.29) is 0 Å². The van der Waals surface area contributed by atoms with Gasteiger partial charge in [-0.3, -0.25) is 0 Å². The van der Waals surface area contributed by atoms with Crippen molar-refractivity contribution in [2.45, 2.75) is 110 Å². The molecule has 0 aromatic heterocycles. The molecule has 3 heteroatoms. The molecule has 4 aliphatic carbocycles. The van der Waals surface area contributed by atoms with Crippen LogP contribution in [0.25, 0.3) is 0 Å². The van der Waals surface area contributed by atoms with Gasteiger partial charge in [0.1, 0.15) is 0 Å². The predicted octanol–water partition coefficient (Wildman–Crippen LogP) is 6.60. The summed E-state index contributed by atoms with van der Waals surface area (Å²) in [4.78, 5) is 11.2. The summed E-state index contributed by atoms with van der Waals surface area (Å²) in [6, 6.07) is 0. The van der Waals surface area contributed by atoms with Crippen molar-refractivity contribution in [1.82, 2.24) is 0 Å². The molecule has 2 N–H and O–H groups in total. The minimum Gasteiger partial charge on any atom is -0.479 e. The molecular formula is C27H44O3. The normalized spacial score (nSPS) is 43.6. The molecule has 0 radical (unpaired) electrons. The zero-order valence-electron chi connectivity index (χ0n) is 19.8. The first-order valence-electron chi connectivity index (χ1n) is 12.7. The summed E-state index contributed by atoms with van der Waals surface area (Å²) in [5.74, 6) is 2.91. The van der Waals surface area contributed by atoms with Crippen LogP contribution in [0.5, 0.6) is 0 Å². The van der Waals surface area contributed by atoms with E-state index in [0.717, 1.165) is 36.5 Å². The zero-order chi connectivity index (χ0) is 21.7. The highest BCUT2D eigenvalue weighted by Gasteiger charge is 2.58. The number of fused-ring (bicyclic) bond motifs is 5. The molecule has 0 bridgehead atoms. The summed E-state index contributed by atoms with van der Waals surface area (Å²) in [6.07, 6.45) is 17.3. The molecule has 0 heterocycles. The van der Waals surface area contributed by atoms with Crippen LogP contribution in [0, 0.1) is 40.4 Å². The van der Waals surface area contributed by atoms with Gasteiger partial charge in [0.25, 0.3) is 0 Å². The lowest BCUT2D eigenvalue weighted by Gasteiger charge is -2.58. The summed E-state index contributed by atoms with van der Waals surface area (Å²) in [5, 5.41) is 19.2. The quantitative estimate of drug-likeness (QED) is 0.480. The fraction of sp³-hybridized carbons (Fsp3) is 0.889. The number of carboxylic acid groups (broad SMARTS) is 1. The first-order chi connectivity index (χ1) is 14.1. The highest BCUT2D eigenvalue weighted by atomic mass is 16.4. The third kappa shape index (κ3) is 3.57. The lowest BCUT2D eigenvalue weighted by Crippen LogP contribution is -2.50. The third-order valence-electron chi connectivity index (χ3n) is 10.6. The number of aliphatic hydroxyl groups is 1. The molecule has 8 atom stereocenters. The van der Waals surface area contributed by atoms with Crippen LogP contribution >= 0.6 is 0 Å². The van der Waals surface area contributed by atoms with Gasteiger partial charge >= 0.3 is 5.97 Å². The lowest BCUT2D eigenvalue weighted by molar-refractivity contribution is -0.157. The van der Waals surface area contributed by atoms with Crippen molar-refractivity contribution >= 4 is 5.97 Å². The van der Waals surface area contributed by atoms with Crippen molar-refractivity contribution in [1.29, 1.82) is 0 Å². The van der Waals surface area contributed by atoms with Crippen molar-refractivity contribution < 1.29 is 15.0 Å². The van der Waals surface area contributed by atoms with Crippen LogP contribution in [0.3, 0.4) is 0 Å². The summed E-state index contributed by atoms with van der Waals surface area (Å²) in [6.45, 7) is 9.02. The molecule has 0 amide bonds. The lowest BCUT2D eigenvalue weighted by atomic mass is 9.47. The minimum absolute atomic E-state index is 0.357. The Morgan fingerprint density at radius 3 is 2.70 bits per heavy atom. The van der Waals surface area contributed by atoms with Crippen LogP contribution < -0.4 is 0 Å². The predicted molar refractivity (Wildman–Crippen MR) is 121 cm³/mol. The Balaban J connectivity index is 1.44. The Morgan fingerprint density at radius 1 is 1.20 bits per heavy atom. The molecule has 0 aliphatic heterocycles. The molecule has 3 nitrogen and oxygen atoms in total. The van der Waals surface area contributed by atoms with E-state index in [1.165, 1.54) is 64.7 Å². The molecule has 0 aromatic rings. The van der Waals surface area contributed by atoms with Gasteiger partial charge in [-0.05, 0) is 112 Å². The van der Waals surface area contributed by atoms with Crippen LogP contribution in [0.15, 0.2) is 11.6 Å². The molecule has 0 aromatic carbocycles. The minimum atomic E-state index is -1.58. The molecule has 3 fully saturated rings. The molecule has 4 rings (SSSR count). The van der Waals surface area contributed by atoms with Crippen LogP contribution in [-0.2, 0) is 4.79 Å². The number of carbonyl (C=O) groups is 1. The SMILES string of the molecule is C[C@H](CCCC(C)(O)C(=O)O)[C@H]1CC[C@H]2[C@@H]3CC=C4CCCC[C@]4(C)[C@H]3CC[C@]12C. The van der Waals surface area contributed by atoms with E-state index in [2.05, 4.69) is 26.8 Å². The van der Waals surface area contributed by atoms with E-state index in [1.54, 1.807) is 5.57 Å². The van der Waals surface area contributed by atoms with E-state index in [1.807, 2.05) is 0 Å². The van der Waals surface area contributed by atoms with Crippen LogP contribution in [-0.4, -0.2) is 21.8 Å². The molecule has 1 unspecified atom stereocenters. The van der Waals surface area contributed by atoms with Gasteiger partial charge in [-0.2, -0.15) is 0 Å². The Morgan fingerprint density at radius 2 is 1.97 bits per heavy atom. The average Bonchev–Trinajstić information content (AvgIpc) is 3.04. The molecular weight excluding hydrogens is 372 g/mol. The Hall–Kier alpha value is -0.830. The fourth-order valence-electron chi connectivity index (χ4n) is 8.75. The molecule has 4 aliphatic rings. The molecule has 3 saturated carbocycles. The second kappa shape index (κ2) is 7.94. The average molecular weight is 417 g/mol. The molecule has 0 saturated heterocycles. The highest BCUT2D eigenvalue weighted by Crippen LogP contribution is 2.67. The number of hydrogen-bond acceptors (Lipinski definition) is 2. The zero-order valence-corrected chi connectivity index (χ0v) is 19.8. The maximum Gasteiger partial charge on any atom is 0.335 e. The summed E-state index contributed by atoms with van der Waals surface area (Å²) >= 11 is 0. The van der Waals surface area contributed by atoms with Gasteiger partial charge < -0.3 is 10.2 Å². The van der Waals surface area contributed by atoms with E-state index < -0.39 is 11.6 Å². The molecule has 170 valence electrons.